The number of rotatable bonds is 4. The summed E-state index contributed by atoms with van der Waals surface area (Å²) in [5.41, 5.74) is 0.549. The Labute approximate surface area is 89.2 Å². The molecule has 14 heavy (non-hydrogen) atoms. The van der Waals surface area contributed by atoms with Gasteiger partial charge in [-0.05, 0) is 32.1 Å². The molecule has 2 atom stereocenters. The molecule has 1 aliphatic heterocycles. The van der Waals surface area contributed by atoms with E-state index in [4.69, 9.17) is 4.74 Å². The highest BCUT2D eigenvalue weighted by atomic mass is 16.5. The fraction of sp³-hybridized carbons (Fsp3) is 1.00. The molecule has 2 unspecified atom stereocenters. The van der Waals surface area contributed by atoms with Gasteiger partial charge in [0, 0.05) is 5.41 Å². The second kappa shape index (κ2) is 4.22. The maximum Gasteiger partial charge on any atom is 0.0711 e. The minimum atomic E-state index is 0.122. The zero-order valence-corrected chi connectivity index (χ0v) is 10.5. The van der Waals surface area contributed by atoms with E-state index in [0.29, 0.717) is 5.41 Å². The van der Waals surface area contributed by atoms with E-state index in [1.54, 1.807) is 0 Å². The quantitative estimate of drug-likeness (QED) is 0.663. The van der Waals surface area contributed by atoms with Crippen LogP contribution in [0.1, 0.15) is 60.3 Å². The number of hydrogen-bond acceptors (Lipinski definition) is 1. The van der Waals surface area contributed by atoms with Crippen molar-refractivity contribution in [2.24, 2.45) is 11.3 Å². The lowest BCUT2D eigenvalue weighted by atomic mass is 9.62. The lowest BCUT2D eigenvalue weighted by Crippen LogP contribution is -2.44. The van der Waals surface area contributed by atoms with Crippen molar-refractivity contribution >= 4 is 0 Å². The number of hydrogen-bond donors (Lipinski definition) is 0. The molecule has 1 rings (SSSR count). The highest BCUT2D eigenvalue weighted by Gasteiger charge is 2.54. The minimum absolute atomic E-state index is 0.122. The zero-order valence-electron chi connectivity index (χ0n) is 10.5. The first-order valence-corrected chi connectivity index (χ1v) is 6.24. The maximum atomic E-state index is 6.09. The zero-order chi connectivity index (χ0) is 10.8. The first-order chi connectivity index (χ1) is 6.60. The van der Waals surface area contributed by atoms with Gasteiger partial charge in [0.25, 0.3) is 0 Å². The van der Waals surface area contributed by atoms with E-state index >= 15 is 0 Å². The number of ether oxygens (including phenoxy) is 1. The normalized spacial score (nSPS) is 36.2. The molecule has 0 aromatic carbocycles. The van der Waals surface area contributed by atoms with Gasteiger partial charge in [0.15, 0.2) is 0 Å². The van der Waals surface area contributed by atoms with Crippen LogP contribution in [0.2, 0.25) is 0 Å². The van der Waals surface area contributed by atoms with Crippen LogP contribution < -0.4 is 0 Å². The van der Waals surface area contributed by atoms with Gasteiger partial charge in [-0.15, -0.1) is 0 Å². The SMILES string of the molecule is CCC1COC(C)(CC)C1(CC)CC. The molecule has 0 spiro atoms. The Kier molecular flexibility index (Phi) is 3.63. The Morgan fingerprint density at radius 1 is 1.07 bits per heavy atom. The van der Waals surface area contributed by atoms with E-state index < -0.39 is 0 Å². The second-order valence-electron chi connectivity index (χ2n) is 4.86. The molecule has 1 saturated heterocycles. The summed E-state index contributed by atoms with van der Waals surface area (Å²) in [6.45, 7) is 12.5. The molecular formula is C13H26O. The van der Waals surface area contributed by atoms with Gasteiger partial charge in [-0.2, -0.15) is 0 Å². The average Bonchev–Trinajstić information content (AvgIpc) is 2.52. The standard InChI is InChI=1S/C13H26O/c1-6-11-10-14-12(5,7-2)13(11,8-3)9-4/h11H,6-10H2,1-5H3. The van der Waals surface area contributed by atoms with E-state index in [-0.39, 0.29) is 5.60 Å². The van der Waals surface area contributed by atoms with Crippen molar-refractivity contribution in [2.75, 3.05) is 6.61 Å². The van der Waals surface area contributed by atoms with Crippen molar-refractivity contribution < 1.29 is 4.74 Å². The average molecular weight is 198 g/mol. The third-order valence-corrected chi connectivity index (χ3v) is 4.87. The molecule has 0 radical (unpaired) electrons. The van der Waals surface area contributed by atoms with Crippen molar-refractivity contribution in [3.63, 3.8) is 0 Å². The molecule has 0 amide bonds. The molecule has 0 aromatic heterocycles. The summed E-state index contributed by atoms with van der Waals surface area (Å²) in [5, 5.41) is 0. The van der Waals surface area contributed by atoms with Crippen molar-refractivity contribution in [3.05, 3.63) is 0 Å². The van der Waals surface area contributed by atoms with Gasteiger partial charge in [0.2, 0.25) is 0 Å². The summed E-state index contributed by atoms with van der Waals surface area (Å²) >= 11 is 0. The molecule has 1 aliphatic rings. The van der Waals surface area contributed by atoms with Crippen molar-refractivity contribution in [1.82, 2.24) is 0 Å². The third kappa shape index (κ3) is 1.41. The molecule has 1 fully saturated rings. The fourth-order valence-corrected chi connectivity index (χ4v) is 3.56. The van der Waals surface area contributed by atoms with E-state index in [0.717, 1.165) is 18.9 Å². The van der Waals surface area contributed by atoms with Crippen molar-refractivity contribution in [1.29, 1.82) is 0 Å². The minimum Gasteiger partial charge on any atom is -0.374 e. The van der Waals surface area contributed by atoms with E-state index in [2.05, 4.69) is 34.6 Å². The van der Waals surface area contributed by atoms with Crippen LogP contribution in [0.15, 0.2) is 0 Å². The monoisotopic (exact) mass is 198 g/mol. The Bertz CT molecular complexity index is 184. The fourth-order valence-electron chi connectivity index (χ4n) is 3.56. The van der Waals surface area contributed by atoms with E-state index in [9.17, 15) is 0 Å². The van der Waals surface area contributed by atoms with Gasteiger partial charge in [-0.1, -0.05) is 34.1 Å². The van der Waals surface area contributed by atoms with Crippen molar-refractivity contribution in [3.8, 4) is 0 Å². The highest BCUT2D eigenvalue weighted by molar-refractivity contribution is 5.03. The molecular weight excluding hydrogens is 172 g/mol. The van der Waals surface area contributed by atoms with Crippen molar-refractivity contribution in [2.45, 2.75) is 65.9 Å². The molecule has 0 saturated carbocycles. The second-order valence-corrected chi connectivity index (χ2v) is 4.86. The van der Waals surface area contributed by atoms with Crippen LogP contribution in [0.5, 0.6) is 0 Å². The highest BCUT2D eigenvalue weighted by Crippen LogP contribution is 2.54. The van der Waals surface area contributed by atoms with Crippen LogP contribution in [0.3, 0.4) is 0 Å². The molecule has 84 valence electrons. The van der Waals surface area contributed by atoms with Gasteiger partial charge in [0.1, 0.15) is 0 Å². The lowest BCUT2D eigenvalue weighted by molar-refractivity contribution is -0.0590. The molecule has 0 aromatic rings. The van der Waals surface area contributed by atoms with Gasteiger partial charge >= 0.3 is 0 Å². The van der Waals surface area contributed by atoms with Crippen LogP contribution in [-0.4, -0.2) is 12.2 Å². The molecule has 0 N–H and O–H groups in total. The predicted molar refractivity (Wildman–Crippen MR) is 61.4 cm³/mol. The first kappa shape index (κ1) is 12.0. The van der Waals surface area contributed by atoms with Gasteiger partial charge in [0.05, 0.1) is 12.2 Å². The maximum absolute atomic E-state index is 6.09. The van der Waals surface area contributed by atoms with Crippen LogP contribution in [0, 0.1) is 11.3 Å². The molecule has 1 heterocycles. The summed E-state index contributed by atoms with van der Waals surface area (Å²) in [7, 11) is 0. The van der Waals surface area contributed by atoms with Gasteiger partial charge in [-0.25, -0.2) is 0 Å². The summed E-state index contributed by atoms with van der Waals surface area (Å²) in [6, 6.07) is 0. The summed E-state index contributed by atoms with van der Waals surface area (Å²) < 4.78 is 6.09. The Balaban J connectivity index is 3.00. The van der Waals surface area contributed by atoms with Gasteiger partial charge < -0.3 is 4.74 Å². The van der Waals surface area contributed by atoms with E-state index in [1.165, 1.54) is 19.3 Å². The lowest BCUT2D eigenvalue weighted by Gasteiger charge is -2.44. The van der Waals surface area contributed by atoms with Crippen LogP contribution in [0.4, 0.5) is 0 Å². The Morgan fingerprint density at radius 2 is 1.64 bits per heavy atom. The molecule has 1 heteroatoms. The smallest absolute Gasteiger partial charge is 0.0711 e. The summed E-state index contributed by atoms with van der Waals surface area (Å²) in [4.78, 5) is 0. The van der Waals surface area contributed by atoms with Crippen LogP contribution >= 0.6 is 0 Å². The molecule has 0 aliphatic carbocycles. The predicted octanol–water partition coefficient (Wildman–Crippen LogP) is 4.02. The van der Waals surface area contributed by atoms with Crippen LogP contribution in [-0.2, 0) is 4.74 Å². The topological polar surface area (TPSA) is 9.23 Å². The largest absolute Gasteiger partial charge is 0.374 e. The first-order valence-electron chi connectivity index (χ1n) is 6.24. The summed E-state index contributed by atoms with van der Waals surface area (Å²) in [5.74, 6) is 0.766. The summed E-state index contributed by atoms with van der Waals surface area (Å²) in [6.07, 6.45) is 4.92. The molecule has 1 nitrogen and oxygen atoms in total. The van der Waals surface area contributed by atoms with Crippen LogP contribution in [0.25, 0.3) is 0 Å². The Hall–Kier alpha value is -0.0400. The molecule has 0 bridgehead atoms. The van der Waals surface area contributed by atoms with Gasteiger partial charge in [-0.3, -0.25) is 0 Å². The van der Waals surface area contributed by atoms with E-state index in [1.807, 2.05) is 0 Å². The third-order valence-electron chi connectivity index (χ3n) is 4.87. The Morgan fingerprint density at radius 3 is 2.00 bits per heavy atom.